The number of carbonyl (C=O) groups excluding carboxylic acids is 1. The average Bonchev–Trinajstić information content (AvgIpc) is 2.41. The van der Waals surface area contributed by atoms with Gasteiger partial charge in [-0.1, -0.05) is 18.0 Å². The van der Waals surface area contributed by atoms with E-state index >= 15 is 0 Å². The Kier molecular flexibility index (Phi) is 7.07. The lowest BCUT2D eigenvalue weighted by Gasteiger charge is -2.08. The molecule has 0 spiro atoms. The number of hydrogen-bond acceptors (Lipinski definition) is 4. The number of hydrogen-bond donors (Lipinski definition) is 1. The highest BCUT2D eigenvalue weighted by Gasteiger charge is 2.17. The van der Waals surface area contributed by atoms with Crippen LogP contribution in [0, 0.1) is 5.82 Å². The molecule has 1 aromatic carbocycles. The summed E-state index contributed by atoms with van der Waals surface area (Å²) in [5.74, 6) is -0.879. The summed E-state index contributed by atoms with van der Waals surface area (Å²) in [5.41, 5.74) is 0. The molecule has 0 aliphatic rings. The van der Waals surface area contributed by atoms with Gasteiger partial charge in [-0.2, -0.15) is 0 Å². The Morgan fingerprint density at radius 3 is 2.67 bits per heavy atom. The van der Waals surface area contributed by atoms with Crippen molar-refractivity contribution in [2.24, 2.45) is 0 Å². The number of rotatable bonds is 8. The van der Waals surface area contributed by atoms with Gasteiger partial charge in [0.25, 0.3) is 0 Å². The van der Waals surface area contributed by atoms with Gasteiger partial charge in [0.1, 0.15) is 10.7 Å². The standard InChI is InChI=1S/C13H17ClFNO4S/c1-20-13(17)5-3-2-4-8-16-21(18,19)12-7-6-10(15)9-11(12)14/h6-7,9,16H,2-5,8H2,1H3. The van der Waals surface area contributed by atoms with Crippen LogP contribution in [-0.2, 0) is 19.6 Å². The van der Waals surface area contributed by atoms with Crippen LogP contribution in [0.4, 0.5) is 4.39 Å². The minimum absolute atomic E-state index is 0.153. The fourth-order valence-electron chi connectivity index (χ4n) is 1.65. The summed E-state index contributed by atoms with van der Waals surface area (Å²) in [6.07, 6.45) is 2.21. The number of halogens is 2. The van der Waals surface area contributed by atoms with Crippen LogP contribution in [0.5, 0.6) is 0 Å². The maximum absolute atomic E-state index is 12.9. The van der Waals surface area contributed by atoms with E-state index in [0.717, 1.165) is 18.2 Å². The van der Waals surface area contributed by atoms with Crippen molar-refractivity contribution in [3.05, 3.63) is 29.0 Å². The second-order valence-corrected chi connectivity index (χ2v) is 6.50. The monoisotopic (exact) mass is 337 g/mol. The van der Waals surface area contributed by atoms with Crippen molar-refractivity contribution in [2.75, 3.05) is 13.7 Å². The molecule has 0 unspecified atom stereocenters. The Balaban J connectivity index is 2.42. The first-order valence-electron chi connectivity index (χ1n) is 6.38. The fourth-order valence-corrected chi connectivity index (χ4v) is 3.25. The van der Waals surface area contributed by atoms with Crippen molar-refractivity contribution in [1.29, 1.82) is 0 Å². The lowest BCUT2D eigenvalue weighted by atomic mass is 10.2. The lowest BCUT2D eigenvalue weighted by molar-refractivity contribution is -0.140. The molecule has 0 heterocycles. The van der Waals surface area contributed by atoms with Gasteiger partial charge in [-0.25, -0.2) is 17.5 Å². The summed E-state index contributed by atoms with van der Waals surface area (Å²) in [5, 5.41) is -0.159. The highest BCUT2D eigenvalue weighted by Crippen LogP contribution is 2.21. The van der Waals surface area contributed by atoms with Gasteiger partial charge < -0.3 is 4.74 Å². The molecular formula is C13H17ClFNO4S. The Bertz CT molecular complexity index is 592. The van der Waals surface area contributed by atoms with Crippen LogP contribution in [0.3, 0.4) is 0 Å². The Morgan fingerprint density at radius 2 is 2.05 bits per heavy atom. The number of benzene rings is 1. The molecule has 0 fully saturated rings. The Morgan fingerprint density at radius 1 is 1.33 bits per heavy atom. The first-order valence-corrected chi connectivity index (χ1v) is 8.24. The molecule has 8 heteroatoms. The third kappa shape index (κ3) is 5.99. The molecule has 118 valence electrons. The zero-order valence-electron chi connectivity index (χ0n) is 11.6. The number of nitrogens with one attached hydrogen (secondary N) is 1. The van der Waals surface area contributed by atoms with Gasteiger partial charge in [0, 0.05) is 13.0 Å². The number of esters is 1. The zero-order chi connectivity index (χ0) is 15.9. The second-order valence-electron chi connectivity index (χ2n) is 4.36. The summed E-state index contributed by atoms with van der Waals surface area (Å²) in [7, 11) is -2.43. The van der Waals surface area contributed by atoms with Crippen molar-refractivity contribution >= 4 is 27.6 Å². The minimum atomic E-state index is -3.76. The number of unbranched alkanes of at least 4 members (excludes halogenated alkanes) is 2. The first-order chi connectivity index (χ1) is 9.86. The van der Waals surface area contributed by atoms with Crippen LogP contribution in [0.2, 0.25) is 5.02 Å². The van der Waals surface area contributed by atoms with Crippen molar-refractivity contribution in [2.45, 2.75) is 30.6 Å². The molecule has 0 saturated heterocycles. The summed E-state index contributed by atoms with van der Waals surface area (Å²) in [6.45, 7) is 0.219. The van der Waals surface area contributed by atoms with E-state index in [1.807, 2.05) is 0 Å². The summed E-state index contributed by atoms with van der Waals surface area (Å²) < 4.78 is 43.7. The molecular weight excluding hydrogens is 321 g/mol. The summed E-state index contributed by atoms with van der Waals surface area (Å²) >= 11 is 5.72. The molecule has 0 bridgehead atoms. The van der Waals surface area contributed by atoms with E-state index in [9.17, 15) is 17.6 Å². The van der Waals surface area contributed by atoms with Crippen LogP contribution < -0.4 is 4.72 Å². The molecule has 0 saturated carbocycles. The molecule has 0 aliphatic heterocycles. The van der Waals surface area contributed by atoms with Gasteiger partial charge in [-0.15, -0.1) is 0 Å². The Hall–Kier alpha value is -1.18. The third-order valence-corrected chi connectivity index (χ3v) is 4.70. The van der Waals surface area contributed by atoms with Crippen LogP contribution in [-0.4, -0.2) is 28.0 Å². The normalized spacial score (nSPS) is 11.4. The molecule has 0 aliphatic carbocycles. The Labute approximate surface area is 128 Å². The molecule has 1 N–H and O–H groups in total. The highest BCUT2D eigenvalue weighted by molar-refractivity contribution is 7.89. The van der Waals surface area contributed by atoms with Crippen molar-refractivity contribution in [3.8, 4) is 0 Å². The van der Waals surface area contributed by atoms with Gasteiger partial charge in [0.2, 0.25) is 10.0 Å². The maximum Gasteiger partial charge on any atom is 0.305 e. The van der Waals surface area contributed by atoms with E-state index in [4.69, 9.17) is 11.6 Å². The van der Waals surface area contributed by atoms with Gasteiger partial charge in [-0.05, 0) is 31.0 Å². The van der Waals surface area contributed by atoms with Gasteiger partial charge >= 0.3 is 5.97 Å². The van der Waals surface area contributed by atoms with Crippen LogP contribution in [0.1, 0.15) is 25.7 Å². The SMILES string of the molecule is COC(=O)CCCCCNS(=O)(=O)c1ccc(F)cc1Cl. The predicted octanol–water partition coefficient (Wildman–Crippen LogP) is 2.49. The zero-order valence-corrected chi connectivity index (χ0v) is 13.1. The first kappa shape index (κ1) is 17.9. The van der Waals surface area contributed by atoms with Crippen molar-refractivity contribution < 1.29 is 22.3 Å². The van der Waals surface area contributed by atoms with E-state index in [0.29, 0.717) is 25.7 Å². The quantitative estimate of drug-likeness (QED) is 0.584. The second kappa shape index (κ2) is 8.31. The molecule has 0 radical (unpaired) electrons. The summed E-state index contributed by atoms with van der Waals surface area (Å²) in [6, 6.07) is 3.11. The molecule has 0 amide bonds. The molecule has 5 nitrogen and oxygen atoms in total. The fraction of sp³-hybridized carbons (Fsp3) is 0.462. The van der Waals surface area contributed by atoms with E-state index in [-0.39, 0.29) is 22.4 Å². The molecule has 0 aromatic heterocycles. The number of methoxy groups -OCH3 is 1. The van der Waals surface area contributed by atoms with E-state index in [2.05, 4.69) is 9.46 Å². The largest absolute Gasteiger partial charge is 0.469 e. The van der Waals surface area contributed by atoms with E-state index in [1.165, 1.54) is 7.11 Å². The third-order valence-electron chi connectivity index (χ3n) is 2.76. The van der Waals surface area contributed by atoms with Gasteiger partial charge in [-0.3, -0.25) is 4.79 Å². The molecule has 0 atom stereocenters. The van der Waals surface area contributed by atoms with Crippen molar-refractivity contribution in [1.82, 2.24) is 4.72 Å². The van der Waals surface area contributed by atoms with Gasteiger partial charge in [0.05, 0.1) is 12.1 Å². The smallest absolute Gasteiger partial charge is 0.305 e. The van der Waals surface area contributed by atoms with Gasteiger partial charge in [0.15, 0.2) is 0 Å². The molecule has 1 aromatic rings. The highest BCUT2D eigenvalue weighted by atomic mass is 35.5. The molecule has 1 rings (SSSR count). The molecule has 21 heavy (non-hydrogen) atoms. The number of ether oxygens (including phenoxy) is 1. The van der Waals surface area contributed by atoms with Crippen LogP contribution in [0.15, 0.2) is 23.1 Å². The van der Waals surface area contributed by atoms with Crippen molar-refractivity contribution in [3.63, 3.8) is 0 Å². The predicted molar refractivity (Wildman–Crippen MR) is 77.1 cm³/mol. The number of carbonyl (C=O) groups is 1. The maximum atomic E-state index is 12.9. The van der Waals surface area contributed by atoms with E-state index < -0.39 is 15.8 Å². The van der Waals surface area contributed by atoms with Crippen LogP contribution >= 0.6 is 11.6 Å². The summed E-state index contributed by atoms with van der Waals surface area (Å²) in [4.78, 5) is 10.7. The van der Waals surface area contributed by atoms with E-state index in [1.54, 1.807) is 0 Å². The number of sulfonamides is 1. The van der Waals surface area contributed by atoms with Crippen LogP contribution in [0.25, 0.3) is 0 Å². The lowest BCUT2D eigenvalue weighted by Crippen LogP contribution is -2.25. The minimum Gasteiger partial charge on any atom is -0.469 e. The average molecular weight is 338 g/mol. The topological polar surface area (TPSA) is 72.5 Å².